The van der Waals surface area contributed by atoms with Crippen LogP contribution < -0.4 is 5.32 Å². The van der Waals surface area contributed by atoms with Gasteiger partial charge in [-0.05, 0) is 18.4 Å². The Morgan fingerprint density at radius 2 is 1.95 bits per heavy atom. The SMILES string of the molecule is Oc1c([C@@H](CC2CC2)N2CCNCC2)ccc(F)c1F. The normalized spacial score (nSPS) is 21.9. The number of piperazine rings is 1. The molecule has 20 heavy (non-hydrogen) atoms. The molecule has 2 N–H and O–H groups in total. The first kappa shape index (κ1) is 13.8. The van der Waals surface area contributed by atoms with E-state index in [1.54, 1.807) is 0 Å². The fraction of sp³-hybridized carbons (Fsp3) is 0.600. The van der Waals surface area contributed by atoms with Crippen molar-refractivity contribution in [1.82, 2.24) is 10.2 Å². The van der Waals surface area contributed by atoms with E-state index >= 15 is 0 Å². The lowest BCUT2D eigenvalue weighted by molar-refractivity contribution is 0.157. The molecule has 0 unspecified atom stereocenters. The molecule has 1 aliphatic carbocycles. The molecule has 0 amide bonds. The number of phenolic OH excluding ortho intramolecular Hbond substituents is 1. The molecule has 0 spiro atoms. The van der Waals surface area contributed by atoms with Crippen molar-refractivity contribution in [3.05, 3.63) is 29.3 Å². The Bertz CT molecular complexity index is 485. The molecule has 5 heteroatoms. The van der Waals surface area contributed by atoms with E-state index in [-0.39, 0.29) is 6.04 Å². The topological polar surface area (TPSA) is 35.5 Å². The number of halogens is 2. The van der Waals surface area contributed by atoms with E-state index in [1.165, 1.54) is 18.9 Å². The molecule has 2 aliphatic rings. The van der Waals surface area contributed by atoms with Crippen molar-refractivity contribution in [3.8, 4) is 5.75 Å². The number of hydrogen-bond donors (Lipinski definition) is 2. The third kappa shape index (κ3) is 2.79. The van der Waals surface area contributed by atoms with Crippen LogP contribution in [-0.2, 0) is 0 Å². The van der Waals surface area contributed by atoms with Gasteiger partial charge >= 0.3 is 0 Å². The van der Waals surface area contributed by atoms with Gasteiger partial charge in [0.1, 0.15) is 0 Å². The highest BCUT2D eigenvalue weighted by atomic mass is 19.2. The number of hydrogen-bond acceptors (Lipinski definition) is 3. The first-order chi connectivity index (χ1) is 9.66. The fourth-order valence-corrected chi connectivity index (χ4v) is 2.96. The summed E-state index contributed by atoms with van der Waals surface area (Å²) in [6.07, 6.45) is 3.32. The number of rotatable bonds is 4. The molecule has 1 saturated heterocycles. The summed E-state index contributed by atoms with van der Waals surface area (Å²) < 4.78 is 26.8. The predicted molar refractivity (Wildman–Crippen MR) is 72.5 cm³/mol. The van der Waals surface area contributed by atoms with Crippen LogP contribution in [0.2, 0.25) is 0 Å². The zero-order chi connectivity index (χ0) is 14.1. The van der Waals surface area contributed by atoms with Crippen LogP contribution in [0.5, 0.6) is 5.75 Å². The summed E-state index contributed by atoms with van der Waals surface area (Å²) in [6.45, 7) is 3.53. The Labute approximate surface area is 117 Å². The quantitative estimate of drug-likeness (QED) is 0.890. The molecular formula is C15H20F2N2O. The van der Waals surface area contributed by atoms with Crippen molar-refractivity contribution < 1.29 is 13.9 Å². The monoisotopic (exact) mass is 282 g/mol. The molecule has 2 fully saturated rings. The second kappa shape index (κ2) is 5.66. The smallest absolute Gasteiger partial charge is 0.200 e. The summed E-state index contributed by atoms with van der Waals surface area (Å²) in [5, 5.41) is 13.2. The number of phenols is 1. The molecule has 3 nitrogen and oxygen atoms in total. The van der Waals surface area contributed by atoms with E-state index < -0.39 is 17.4 Å². The minimum absolute atomic E-state index is 0.0142. The van der Waals surface area contributed by atoms with Gasteiger partial charge in [-0.15, -0.1) is 0 Å². The van der Waals surface area contributed by atoms with Gasteiger partial charge in [0, 0.05) is 37.8 Å². The summed E-state index contributed by atoms with van der Waals surface area (Å²) in [6, 6.07) is 2.63. The largest absolute Gasteiger partial charge is 0.505 e. The van der Waals surface area contributed by atoms with Crippen molar-refractivity contribution in [2.75, 3.05) is 26.2 Å². The number of nitrogens with zero attached hydrogens (tertiary/aromatic N) is 1. The van der Waals surface area contributed by atoms with Crippen molar-refractivity contribution in [1.29, 1.82) is 0 Å². The van der Waals surface area contributed by atoms with Crippen LogP contribution in [0.1, 0.15) is 30.9 Å². The average Bonchev–Trinajstić information content (AvgIpc) is 3.28. The summed E-state index contributed by atoms with van der Waals surface area (Å²) in [7, 11) is 0. The van der Waals surface area contributed by atoms with Crippen LogP contribution >= 0.6 is 0 Å². The highest BCUT2D eigenvalue weighted by Crippen LogP contribution is 2.42. The molecule has 0 aromatic heterocycles. The molecule has 1 saturated carbocycles. The third-order valence-corrected chi connectivity index (χ3v) is 4.31. The van der Waals surface area contributed by atoms with Gasteiger partial charge in [-0.25, -0.2) is 4.39 Å². The highest BCUT2D eigenvalue weighted by Gasteiger charge is 2.32. The molecule has 3 rings (SSSR count). The van der Waals surface area contributed by atoms with Crippen LogP contribution in [0.4, 0.5) is 8.78 Å². The van der Waals surface area contributed by atoms with E-state index in [4.69, 9.17) is 0 Å². The maximum absolute atomic E-state index is 13.6. The Morgan fingerprint density at radius 1 is 1.25 bits per heavy atom. The van der Waals surface area contributed by atoms with Gasteiger partial charge in [0.15, 0.2) is 11.6 Å². The molecule has 0 bridgehead atoms. The van der Waals surface area contributed by atoms with Gasteiger partial charge in [-0.3, -0.25) is 4.90 Å². The molecule has 1 aliphatic heterocycles. The molecule has 1 aromatic carbocycles. The van der Waals surface area contributed by atoms with Gasteiger partial charge in [-0.1, -0.05) is 18.9 Å². The number of nitrogens with one attached hydrogen (secondary N) is 1. The summed E-state index contributed by atoms with van der Waals surface area (Å²) >= 11 is 0. The predicted octanol–water partition coefficient (Wildman–Crippen LogP) is 2.42. The zero-order valence-corrected chi connectivity index (χ0v) is 11.4. The lowest BCUT2D eigenvalue weighted by atomic mass is 9.97. The molecule has 1 aromatic rings. The molecule has 1 atom stereocenters. The molecule has 0 radical (unpaired) electrons. The molecular weight excluding hydrogens is 262 g/mol. The van der Waals surface area contributed by atoms with Crippen LogP contribution in [-0.4, -0.2) is 36.2 Å². The van der Waals surface area contributed by atoms with Crippen LogP contribution in [0.3, 0.4) is 0 Å². The van der Waals surface area contributed by atoms with Gasteiger partial charge in [-0.2, -0.15) is 4.39 Å². The van der Waals surface area contributed by atoms with Gasteiger partial charge in [0.2, 0.25) is 5.82 Å². The Hall–Kier alpha value is -1.20. The van der Waals surface area contributed by atoms with Crippen LogP contribution in [0, 0.1) is 17.6 Å². The Balaban J connectivity index is 1.89. The van der Waals surface area contributed by atoms with E-state index in [0.29, 0.717) is 11.5 Å². The highest BCUT2D eigenvalue weighted by molar-refractivity contribution is 5.37. The molecule has 110 valence electrons. The van der Waals surface area contributed by atoms with E-state index in [0.717, 1.165) is 38.7 Å². The lowest BCUT2D eigenvalue weighted by Gasteiger charge is -2.35. The summed E-state index contributed by atoms with van der Waals surface area (Å²) in [4.78, 5) is 2.27. The maximum Gasteiger partial charge on any atom is 0.200 e. The van der Waals surface area contributed by atoms with Crippen LogP contribution in [0.15, 0.2) is 12.1 Å². The van der Waals surface area contributed by atoms with Gasteiger partial charge < -0.3 is 10.4 Å². The lowest BCUT2D eigenvalue weighted by Crippen LogP contribution is -2.45. The van der Waals surface area contributed by atoms with E-state index in [9.17, 15) is 13.9 Å². The zero-order valence-electron chi connectivity index (χ0n) is 11.4. The van der Waals surface area contributed by atoms with Crippen molar-refractivity contribution in [3.63, 3.8) is 0 Å². The average molecular weight is 282 g/mol. The van der Waals surface area contributed by atoms with Crippen molar-refractivity contribution >= 4 is 0 Å². The first-order valence-electron chi connectivity index (χ1n) is 7.28. The summed E-state index contributed by atoms with van der Waals surface area (Å²) in [5.41, 5.74) is 0.526. The third-order valence-electron chi connectivity index (χ3n) is 4.31. The van der Waals surface area contributed by atoms with Crippen molar-refractivity contribution in [2.24, 2.45) is 5.92 Å². The van der Waals surface area contributed by atoms with Gasteiger partial charge in [0.25, 0.3) is 0 Å². The minimum atomic E-state index is -1.13. The Kier molecular flexibility index (Phi) is 3.89. The van der Waals surface area contributed by atoms with E-state index in [1.807, 2.05) is 0 Å². The maximum atomic E-state index is 13.6. The second-order valence-corrected chi connectivity index (χ2v) is 5.78. The van der Waals surface area contributed by atoms with E-state index in [2.05, 4.69) is 10.2 Å². The molecule has 1 heterocycles. The van der Waals surface area contributed by atoms with Gasteiger partial charge in [0.05, 0.1) is 0 Å². The summed E-state index contributed by atoms with van der Waals surface area (Å²) in [5.74, 6) is -1.98. The van der Waals surface area contributed by atoms with Crippen molar-refractivity contribution in [2.45, 2.75) is 25.3 Å². The first-order valence-corrected chi connectivity index (χ1v) is 7.28. The fourth-order valence-electron chi connectivity index (χ4n) is 2.96. The number of aromatic hydroxyl groups is 1. The minimum Gasteiger partial charge on any atom is -0.505 e. The standard InChI is InChI=1S/C15H20F2N2O/c16-12-4-3-11(15(20)14(12)17)13(9-10-1-2-10)19-7-5-18-6-8-19/h3-4,10,13,18,20H,1-2,5-9H2/t13-/m1/s1. The second-order valence-electron chi connectivity index (χ2n) is 5.78. The number of benzene rings is 1. The Morgan fingerprint density at radius 3 is 2.60 bits per heavy atom. The van der Waals surface area contributed by atoms with Crippen LogP contribution in [0.25, 0.3) is 0 Å².